The molecule has 5 nitrogen and oxygen atoms in total. The Bertz CT molecular complexity index is 881. The second-order valence-electron chi connectivity index (χ2n) is 9.55. The van der Waals surface area contributed by atoms with Crippen molar-refractivity contribution in [3.05, 3.63) is 54.2 Å². The maximum Gasteiger partial charge on any atom is 0.220 e. The number of aromatic nitrogens is 1. The number of pyridine rings is 1. The molecule has 1 amide bonds. The number of anilines is 2. The number of piperazine rings is 1. The number of hydrogen-bond acceptors (Lipinski definition) is 4. The summed E-state index contributed by atoms with van der Waals surface area (Å²) in [5.74, 6) is 1.90. The molecule has 2 aliphatic carbocycles. The molecule has 0 atom stereocenters. The Morgan fingerprint density at radius 3 is 2.45 bits per heavy atom. The first-order valence-corrected chi connectivity index (χ1v) is 12.0. The number of amides is 1. The molecule has 1 aromatic heterocycles. The monoisotopic (exact) mass is 418 g/mol. The molecule has 3 fully saturated rings. The SMILES string of the molecule is O=C(CC1CCCCC1)NC1(c2cccc(N3CCN(c4ccccn4)CC3)c2)CC1. The molecule has 5 heteroatoms. The number of nitrogens with zero attached hydrogens (tertiary/aromatic N) is 3. The van der Waals surface area contributed by atoms with Crippen molar-refractivity contribution in [2.75, 3.05) is 36.0 Å². The minimum Gasteiger partial charge on any atom is -0.368 e. The van der Waals surface area contributed by atoms with E-state index in [0.29, 0.717) is 12.3 Å². The van der Waals surface area contributed by atoms with Crippen molar-refractivity contribution >= 4 is 17.4 Å². The number of nitrogens with one attached hydrogen (secondary N) is 1. The first-order chi connectivity index (χ1) is 15.2. The van der Waals surface area contributed by atoms with Crippen molar-refractivity contribution in [1.29, 1.82) is 0 Å². The zero-order chi connectivity index (χ0) is 21.1. The third-order valence-electron chi connectivity index (χ3n) is 7.34. The summed E-state index contributed by atoms with van der Waals surface area (Å²) < 4.78 is 0. The van der Waals surface area contributed by atoms with E-state index in [1.165, 1.54) is 43.4 Å². The van der Waals surface area contributed by atoms with Crippen molar-refractivity contribution in [2.45, 2.75) is 56.9 Å². The Hall–Kier alpha value is -2.56. The summed E-state index contributed by atoms with van der Waals surface area (Å²) in [7, 11) is 0. The van der Waals surface area contributed by atoms with Gasteiger partial charge in [-0.15, -0.1) is 0 Å². The topological polar surface area (TPSA) is 48.5 Å². The number of hydrogen-bond donors (Lipinski definition) is 1. The molecule has 2 aromatic rings. The first kappa shape index (κ1) is 20.3. The van der Waals surface area contributed by atoms with Gasteiger partial charge >= 0.3 is 0 Å². The molecular weight excluding hydrogens is 384 g/mol. The highest BCUT2D eigenvalue weighted by atomic mass is 16.1. The molecule has 0 spiro atoms. The van der Waals surface area contributed by atoms with Crippen LogP contribution in [0.2, 0.25) is 0 Å². The van der Waals surface area contributed by atoms with Crippen molar-refractivity contribution in [2.24, 2.45) is 5.92 Å². The summed E-state index contributed by atoms with van der Waals surface area (Å²) in [6.45, 7) is 3.93. The predicted molar refractivity (Wildman–Crippen MR) is 125 cm³/mol. The van der Waals surface area contributed by atoms with Crippen LogP contribution in [0.1, 0.15) is 56.9 Å². The van der Waals surface area contributed by atoms with E-state index in [1.54, 1.807) is 0 Å². The summed E-state index contributed by atoms with van der Waals surface area (Å²) in [5.41, 5.74) is 2.41. The minimum absolute atomic E-state index is 0.127. The van der Waals surface area contributed by atoms with Gasteiger partial charge in [0, 0.05) is 44.5 Å². The highest BCUT2D eigenvalue weighted by molar-refractivity contribution is 5.78. The quantitative estimate of drug-likeness (QED) is 0.751. The summed E-state index contributed by atoms with van der Waals surface area (Å²) in [4.78, 5) is 22.1. The van der Waals surface area contributed by atoms with Gasteiger partial charge in [0.1, 0.15) is 5.82 Å². The number of carbonyl (C=O) groups is 1. The van der Waals surface area contributed by atoms with E-state index in [9.17, 15) is 4.79 Å². The molecule has 164 valence electrons. The third-order valence-corrected chi connectivity index (χ3v) is 7.34. The minimum atomic E-state index is -0.127. The van der Waals surface area contributed by atoms with E-state index in [1.807, 2.05) is 12.3 Å². The van der Waals surface area contributed by atoms with Crippen molar-refractivity contribution in [1.82, 2.24) is 10.3 Å². The molecule has 31 heavy (non-hydrogen) atoms. The van der Waals surface area contributed by atoms with Gasteiger partial charge in [0.25, 0.3) is 0 Å². The second kappa shape index (κ2) is 8.89. The predicted octanol–water partition coefficient (Wildman–Crippen LogP) is 4.48. The van der Waals surface area contributed by atoms with Crippen molar-refractivity contribution in [3.8, 4) is 0 Å². The standard InChI is InChI=1S/C26H34N4O/c31-25(19-21-7-2-1-3-8-21)28-26(12-13-26)22-9-6-10-23(20-22)29-15-17-30(18-16-29)24-11-4-5-14-27-24/h4-6,9-11,14,20-21H,1-3,7-8,12-13,15-19H2,(H,28,31). The Labute approximate surface area is 185 Å². The normalized spacial score (nSPS) is 21.0. The number of rotatable bonds is 6. The van der Waals surface area contributed by atoms with Crippen LogP contribution >= 0.6 is 0 Å². The number of benzene rings is 1. The van der Waals surface area contributed by atoms with Gasteiger partial charge in [-0.3, -0.25) is 4.79 Å². The fourth-order valence-corrected chi connectivity index (χ4v) is 5.32. The smallest absolute Gasteiger partial charge is 0.220 e. The van der Waals surface area contributed by atoms with Crippen LogP contribution in [0, 0.1) is 5.92 Å². The van der Waals surface area contributed by atoms with Gasteiger partial charge in [-0.2, -0.15) is 0 Å². The van der Waals surface area contributed by atoms with E-state index in [2.05, 4.69) is 56.5 Å². The fourth-order valence-electron chi connectivity index (χ4n) is 5.32. The summed E-state index contributed by atoms with van der Waals surface area (Å²) in [6.07, 6.45) is 11.0. The molecule has 1 aromatic carbocycles. The Balaban J connectivity index is 1.20. The highest BCUT2D eigenvalue weighted by Gasteiger charge is 2.46. The van der Waals surface area contributed by atoms with Crippen LogP contribution in [0.15, 0.2) is 48.7 Å². The molecule has 0 radical (unpaired) electrons. The van der Waals surface area contributed by atoms with Gasteiger partial charge in [-0.1, -0.05) is 37.5 Å². The lowest BCUT2D eigenvalue weighted by Crippen LogP contribution is -2.47. The number of carbonyl (C=O) groups excluding carboxylic acids is 1. The molecular formula is C26H34N4O. The molecule has 2 heterocycles. The molecule has 0 unspecified atom stereocenters. The lowest BCUT2D eigenvalue weighted by Gasteiger charge is -2.37. The molecule has 5 rings (SSSR count). The van der Waals surface area contributed by atoms with Crippen molar-refractivity contribution in [3.63, 3.8) is 0 Å². The van der Waals surface area contributed by atoms with Crippen LogP contribution in [0.4, 0.5) is 11.5 Å². The van der Waals surface area contributed by atoms with Crippen LogP contribution in [0.3, 0.4) is 0 Å². The summed E-state index contributed by atoms with van der Waals surface area (Å²) in [5, 5.41) is 3.42. The molecule has 1 aliphatic heterocycles. The molecule has 0 bridgehead atoms. The Morgan fingerprint density at radius 2 is 1.74 bits per heavy atom. The van der Waals surface area contributed by atoms with Crippen LogP contribution in [-0.2, 0) is 10.3 Å². The lowest BCUT2D eigenvalue weighted by atomic mass is 9.86. The van der Waals surface area contributed by atoms with Gasteiger partial charge in [0.15, 0.2) is 0 Å². The van der Waals surface area contributed by atoms with E-state index in [4.69, 9.17) is 0 Å². The molecule has 1 N–H and O–H groups in total. The maximum atomic E-state index is 12.8. The average Bonchev–Trinajstić information content (AvgIpc) is 3.61. The zero-order valence-corrected chi connectivity index (χ0v) is 18.4. The van der Waals surface area contributed by atoms with Crippen LogP contribution in [0.5, 0.6) is 0 Å². The van der Waals surface area contributed by atoms with Crippen LogP contribution in [0.25, 0.3) is 0 Å². The van der Waals surface area contributed by atoms with Gasteiger partial charge < -0.3 is 15.1 Å². The van der Waals surface area contributed by atoms with E-state index >= 15 is 0 Å². The first-order valence-electron chi connectivity index (χ1n) is 12.0. The zero-order valence-electron chi connectivity index (χ0n) is 18.4. The Morgan fingerprint density at radius 1 is 0.968 bits per heavy atom. The maximum absolute atomic E-state index is 12.8. The largest absolute Gasteiger partial charge is 0.368 e. The second-order valence-corrected chi connectivity index (χ2v) is 9.55. The van der Waals surface area contributed by atoms with E-state index in [-0.39, 0.29) is 11.4 Å². The van der Waals surface area contributed by atoms with E-state index in [0.717, 1.165) is 44.8 Å². The van der Waals surface area contributed by atoms with Crippen LogP contribution < -0.4 is 15.1 Å². The van der Waals surface area contributed by atoms with Gasteiger partial charge in [-0.05, 0) is 61.4 Å². The fraction of sp³-hybridized carbons (Fsp3) is 0.538. The van der Waals surface area contributed by atoms with Gasteiger partial charge in [0.05, 0.1) is 5.54 Å². The summed E-state index contributed by atoms with van der Waals surface area (Å²) in [6, 6.07) is 15.0. The van der Waals surface area contributed by atoms with Gasteiger partial charge in [0.2, 0.25) is 5.91 Å². The Kier molecular flexibility index (Phi) is 5.84. The highest BCUT2D eigenvalue weighted by Crippen LogP contribution is 2.46. The average molecular weight is 419 g/mol. The molecule has 1 saturated heterocycles. The molecule has 3 aliphatic rings. The van der Waals surface area contributed by atoms with Gasteiger partial charge in [-0.25, -0.2) is 4.98 Å². The third kappa shape index (κ3) is 4.70. The van der Waals surface area contributed by atoms with Crippen LogP contribution in [-0.4, -0.2) is 37.1 Å². The lowest BCUT2D eigenvalue weighted by molar-refractivity contribution is -0.123. The molecule has 2 saturated carbocycles. The van der Waals surface area contributed by atoms with Crippen molar-refractivity contribution < 1.29 is 4.79 Å². The summed E-state index contributed by atoms with van der Waals surface area (Å²) >= 11 is 0. The van der Waals surface area contributed by atoms with E-state index < -0.39 is 0 Å².